The van der Waals surface area contributed by atoms with E-state index in [-0.39, 0.29) is 5.84 Å². The number of nitrogens with one attached hydrogen (secondary N) is 1. The highest BCUT2D eigenvalue weighted by molar-refractivity contribution is 7.99. The van der Waals surface area contributed by atoms with Crippen LogP contribution in [0, 0.1) is 12.3 Å². The number of anilines is 1. The molecule has 86 valence electrons. The Morgan fingerprint density at radius 3 is 2.75 bits per heavy atom. The molecule has 2 rings (SSSR count). The van der Waals surface area contributed by atoms with E-state index in [4.69, 9.17) is 11.1 Å². The van der Waals surface area contributed by atoms with E-state index in [0.29, 0.717) is 11.6 Å². The molecule has 1 aliphatic rings. The Kier molecular flexibility index (Phi) is 3.28. The number of amidine groups is 1. The van der Waals surface area contributed by atoms with Crippen LogP contribution in [-0.4, -0.2) is 40.4 Å². The van der Waals surface area contributed by atoms with E-state index in [9.17, 15) is 0 Å². The molecule has 0 atom stereocenters. The van der Waals surface area contributed by atoms with Crippen LogP contribution >= 0.6 is 11.8 Å². The Bertz CT molecular complexity index is 400. The Morgan fingerprint density at radius 1 is 1.44 bits per heavy atom. The number of thioether (sulfide) groups is 1. The topological polar surface area (TPSA) is 78.9 Å². The molecule has 0 bridgehead atoms. The summed E-state index contributed by atoms with van der Waals surface area (Å²) in [5, 5.41) is 7.41. The van der Waals surface area contributed by atoms with Crippen LogP contribution in [0.1, 0.15) is 11.4 Å². The van der Waals surface area contributed by atoms with Crippen molar-refractivity contribution in [1.29, 1.82) is 5.41 Å². The second-order valence-corrected chi connectivity index (χ2v) is 4.93. The van der Waals surface area contributed by atoms with Crippen LogP contribution in [-0.2, 0) is 0 Å². The first-order chi connectivity index (χ1) is 7.66. The molecule has 0 aliphatic carbocycles. The third-order valence-electron chi connectivity index (χ3n) is 2.41. The molecule has 0 amide bonds. The zero-order valence-corrected chi connectivity index (χ0v) is 10.0. The lowest BCUT2D eigenvalue weighted by molar-refractivity contribution is 0.809. The SMILES string of the molecule is Cc1cc(C(=N)N)nc(N2CCSCC2)n1. The van der Waals surface area contributed by atoms with E-state index in [1.165, 1.54) is 0 Å². The van der Waals surface area contributed by atoms with Gasteiger partial charge in [0.05, 0.1) is 0 Å². The molecule has 16 heavy (non-hydrogen) atoms. The van der Waals surface area contributed by atoms with Crippen molar-refractivity contribution in [3.8, 4) is 0 Å². The van der Waals surface area contributed by atoms with Crippen LogP contribution in [0.5, 0.6) is 0 Å². The van der Waals surface area contributed by atoms with Crippen molar-refractivity contribution in [2.75, 3.05) is 29.5 Å². The van der Waals surface area contributed by atoms with Gasteiger partial charge >= 0.3 is 0 Å². The average Bonchev–Trinajstić information content (AvgIpc) is 2.29. The maximum atomic E-state index is 7.41. The first kappa shape index (κ1) is 11.2. The van der Waals surface area contributed by atoms with Crippen LogP contribution in [0.15, 0.2) is 6.07 Å². The number of rotatable bonds is 2. The summed E-state index contributed by atoms with van der Waals surface area (Å²) in [6.45, 7) is 3.83. The van der Waals surface area contributed by atoms with Gasteiger partial charge in [0.25, 0.3) is 0 Å². The quantitative estimate of drug-likeness (QED) is 0.582. The Balaban J connectivity index is 2.28. The van der Waals surface area contributed by atoms with Crippen molar-refractivity contribution in [2.24, 2.45) is 5.73 Å². The number of aromatic nitrogens is 2. The van der Waals surface area contributed by atoms with Gasteiger partial charge in [0.2, 0.25) is 5.95 Å². The number of aryl methyl sites for hydroxylation is 1. The lowest BCUT2D eigenvalue weighted by Gasteiger charge is -2.26. The summed E-state index contributed by atoms with van der Waals surface area (Å²) < 4.78 is 0. The van der Waals surface area contributed by atoms with Crippen LogP contribution in [0.3, 0.4) is 0 Å². The first-order valence-electron chi connectivity index (χ1n) is 5.19. The third kappa shape index (κ3) is 2.44. The molecule has 0 aromatic carbocycles. The maximum Gasteiger partial charge on any atom is 0.226 e. The minimum absolute atomic E-state index is 0.00173. The summed E-state index contributed by atoms with van der Waals surface area (Å²) in [7, 11) is 0. The molecule has 5 nitrogen and oxygen atoms in total. The zero-order chi connectivity index (χ0) is 11.5. The standard InChI is InChI=1S/C10H15N5S/c1-7-6-8(9(11)12)14-10(13-7)15-2-4-16-5-3-15/h6H,2-5H2,1H3,(H3,11,12). The fourth-order valence-electron chi connectivity index (χ4n) is 1.60. The Hall–Kier alpha value is -1.30. The molecule has 0 unspecified atom stereocenters. The van der Waals surface area contributed by atoms with E-state index in [0.717, 1.165) is 30.3 Å². The van der Waals surface area contributed by atoms with E-state index in [2.05, 4.69) is 14.9 Å². The van der Waals surface area contributed by atoms with Gasteiger partial charge in [-0.15, -0.1) is 0 Å². The van der Waals surface area contributed by atoms with Crippen molar-refractivity contribution in [2.45, 2.75) is 6.92 Å². The summed E-state index contributed by atoms with van der Waals surface area (Å²) in [6, 6.07) is 1.74. The molecule has 1 aromatic heterocycles. The molecule has 1 saturated heterocycles. The van der Waals surface area contributed by atoms with Gasteiger partial charge in [-0.05, 0) is 13.0 Å². The molecule has 0 saturated carbocycles. The molecule has 1 aromatic rings. The molecule has 3 N–H and O–H groups in total. The maximum absolute atomic E-state index is 7.41. The van der Waals surface area contributed by atoms with Gasteiger partial charge in [0.1, 0.15) is 11.5 Å². The zero-order valence-electron chi connectivity index (χ0n) is 9.23. The molecule has 1 fully saturated rings. The van der Waals surface area contributed by atoms with Crippen molar-refractivity contribution in [3.63, 3.8) is 0 Å². The van der Waals surface area contributed by atoms with Crippen LogP contribution < -0.4 is 10.6 Å². The van der Waals surface area contributed by atoms with Crippen molar-refractivity contribution < 1.29 is 0 Å². The fraction of sp³-hybridized carbons (Fsp3) is 0.500. The van der Waals surface area contributed by atoms with E-state index < -0.39 is 0 Å². The normalized spacial score (nSPS) is 16.2. The van der Waals surface area contributed by atoms with Crippen molar-refractivity contribution >= 4 is 23.5 Å². The largest absolute Gasteiger partial charge is 0.382 e. The van der Waals surface area contributed by atoms with Gasteiger partial charge in [-0.3, -0.25) is 5.41 Å². The monoisotopic (exact) mass is 237 g/mol. The molecule has 2 heterocycles. The minimum Gasteiger partial charge on any atom is -0.382 e. The summed E-state index contributed by atoms with van der Waals surface area (Å²) in [5.41, 5.74) is 6.82. The lowest BCUT2D eigenvalue weighted by atomic mass is 10.3. The number of hydrogen-bond acceptors (Lipinski definition) is 5. The highest BCUT2D eigenvalue weighted by Gasteiger charge is 2.15. The smallest absolute Gasteiger partial charge is 0.226 e. The second-order valence-electron chi connectivity index (χ2n) is 3.71. The molecule has 1 aliphatic heterocycles. The average molecular weight is 237 g/mol. The number of hydrogen-bond donors (Lipinski definition) is 2. The van der Waals surface area contributed by atoms with Crippen LogP contribution in [0.25, 0.3) is 0 Å². The predicted molar refractivity (Wildman–Crippen MR) is 67.3 cm³/mol. The van der Waals surface area contributed by atoms with E-state index in [1.807, 2.05) is 18.7 Å². The summed E-state index contributed by atoms with van der Waals surface area (Å²) >= 11 is 1.94. The Labute approximate surface area is 99.0 Å². The van der Waals surface area contributed by atoms with Gasteiger partial charge in [-0.25, -0.2) is 9.97 Å². The van der Waals surface area contributed by atoms with Gasteiger partial charge in [0, 0.05) is 30.3 Å². The van der Waals surface area contributed by atoms with E-state index >= 15 is 0 Å². The summed E-state index contributed by atoms with van der Waals surface area (Å²) in [4.78, 5) is 10.9. The molecule has 0 radical (unpaired) electrons. The first-order valence-corrected chi connectivity index (χ1v) is 6.35. The summed E-state index contributed by atoms with van der Waals surface area (Å²) in [6.07, 6.45) is 0. The molecule has 0 spiro atoms. The van der Waals surface area contributed by atoms with Gasteiger partial charge in [-0.1, -0.05) is 0 Å². The summed E-state index contributed by atoms with van der Waals surface area (Å²) in [5.74, 6) is 2.91. The van der Waals surface area contributed by atoms with Crippen molar-refractivity contribution in [1.82, 2.24) is 9.97 Å². The van der Waals surface area contributed by atoms with Gasteiger partial charge in [0.15, 0.2) is 0 Å². The second kappa shape index (κ2) is 4.69. The van der Waals surface area contributed by atoms with Gasteiger partial charge in [-0.2, -0.15) is 11.8 Å². The number of nitrogens with two attached hydrogens (primary N) is 1. The fourth-order valence-corrected chi connectivity index (χ4v) is 2.50. The Morgan fingerprint density at radius 2 is 2.12 bits per heavy atom. The highest BCUT2D eigenvalue weighted by Crippen LogP contribution is 2.16. The van der Waals surface area contributed by atoms with Crippen molar-refractivity contribution in [3.05, 3.63) is 17.5 Å². The van der Waals surface area contributed by atoms with Crippen LogP contribution in [0.4, 0.5) is 5.95 Å². The lowest BCUT2D eigenvalue weighted by Crippen LogP contribution is -2.34. The number of nitrogen functional groups attached to an aromatic ring is 1. The van der Waals surface area contributed by atoms with Crippen LogP contribution in [0.2, 0.25) is 0 Å². The number of nitrogens with zero attached hydrogens (tertiary/aromatic N) is 3. The third-order valence-corrected chi connectivity index (χ3v) is 3.35. The van der Waals surface area contributed by atoms with E-state index in [1.54, 1.807) is 6.07 Å². The van der Waals surface area contributed by atoms with Gasteiger partial charge < -0.3 is 10.6 Å². The minimum atomic E-state index is -0.00173. The molecular weight excluding hydrogens is 222 g/mol. The molecular formula is C10H15N5S. The predicted octanol–water partition coefficient (Wildman–Crippen LogP) is 0.622. The molecule has 6 heteroatoms. The highest BCUT2D eigenvalue weighted by atomic mass is 32.2.